The maximum absolute atomic E-state index is 11.3. The lowest BCUT2D eigenvalue weighted by Crippen LogP contribution is -2.37. The molecule has 2 unspecified atom stereocenters. The summed E-state index contributed by atoms with van der Waals surface area (Å²) in [6, 6.07) is 1.58. The first-order chi connectivity index (χ1) is 9.56. The van der Waals surface area contributed by atoms with Gasteiger partial charge in [-0.25, -0.2) is 4.98 Å². The molecule has 0 radical (unpaired) electrons. The van der Waals surface area contributed by atoms with Crippen molar-refractivity contribution in [1.29, 1.82) is 0 Å². The van der Waals surface area contributed by atoms with E-state index in [9.17, 15) is 9.90 Å². The third kappa shape index (κ3) is 3.82. The van der Waals surface area contributed by atoms with Crippen molar-refractivity contribution in [2.75, 3.05) is 5.32 Å². The smallest absolute Gasteiger partial charge is 0.308 e. The van der Waals surface area contributed by atoms with Gasteiger partial charge in [0.25, 0.3) is 0 Å². The maximum Gasteiger partial charge on any atom is 0.308 e. The van der Waals surface area contributed by atoms with Gasteiger partial charge in [-0.1, -0.05) is 12.8 Å². The summed E-state index contributed by atoms with van der Waals surface area (Å²) in [6.45, 7) is 3.85. The second-order valence-electron chi connectivity index (χ2n) is 5.37. The van der Waals surface area contributed by atoms with Crippen LogP contribution in [-0.4, -0.2) is 33.2 Å². The van der Waals surface area contributed by atoms with Gasteiger partial charge in [0.2, 0.25) is 11.8 Å². The molecule has 1 saturated carbocycles. The third-order valence-electron chi connectivity index (χ3n) is 3.38. The standard InChI is InChI=1S/C14H21N3O3/c1-9(2)20-12-7-8-15-14(17-12)16-11-6-4-3-5-10(11)13(18)19/h7-11H,3-6H2,1-2H3,(H,18,19)(H,15,16,17). The lowest BCUT2D eigenvalue weighted by Gasteiger charge is -2.29. The first-order valence-electron chi connectivity index (χ1n) is 7.05. The topological polar surface area (TPSA) is 84.3 Å². The van der Waals surface area contributed by atoms with E-state index in [1.807, 2.05) is 13.8 Å². The van der Waals surface area contributed by atoms with E-state index in [2.05, 4.69) is 15.3 Å². The number of carboxylic acids is 1. The number of hydrogen-bond donors (Lipinski definition) is 2. The lowest BCUT2D eigenvalue weighted by atomic mass is 9.84. The molecule has 1 fully saturated rings. The van der Waals surface area contributed by atoms with Crippen LogP contribution in [0, 0.1) is 5.92 Å². The van der Waals surface area contributed by atoms with Crippen molar-refractivity contribution in [3.05, 3.63) is 12.3 Å². The number of anilines is 1. The summed E-state index contributed by atoms with van der Waals surface area (Å²) >= 11 is 0. The fraction of sp³-hybridized carbons (Fsp3) is 0.643. The first-order valence-corrected chi connectivity index (χ1v) is 7.05. The molecule has 0 saturated heterocycles. The van der Waals surface area contributed by atoms with E-state index in [1.165, 1.54) is 0 Å². The monoisotopic (exact) mass is 279 g/mol. The SMILES string of the molecule is CC(C)Oc1ccnc(NC2CCCCC2C(=O)O)n1. The molecule has 2 rings (SSSR count). The second-order valence-corrected chi connectivity index (χ2v) is 5.37. The number of ether oxygens (including phenoxy) is 1. The third-order valence-corrected chi connectivity index (χ3v) is 3.38. The van der Waals surface area contributed by atoms with Crippen LogP contribution in [0.15, 0.2) is 12.3 Å². The largest absolute Gasteiger partial charge is 0.481 e. The van der Waals surface area contributed by atoms with Crippen molar-refractivity contribution >= 4 is 11.9 Å². The van der Waals surface area contributed by atoms with Gasteiger partial charge in [-0.2, -0.15) is 4.98 Å². The summed E-state index contributed by atoms with van der Waals surface area (Å²) < 4.78 is 5.51. The van der Waals surface area contributed by atoms with Crippen LogP contribution in [0.4, 0.5) is 5.95 Å². The molecule has 1 aliphatic rings. The molecule has 20 heavy (non-hydrogen) atoms. The van der Waals surface area contributed by atoms with E-state index in [1.54, 1.807) is 12.3 Å². The highest BCUT2D eigenvalue weighted by Gasteiger charge is 2.31. The van der Waals surface area contributed by atoms with Crippen molar-refractivity contribution in [2.45, 2.75) is 51.7 Å². The quantitative estimate of drug-likeness (QED) is 0.860. The van der Waals surface area contributed by atoms with Crippen LogP contribution in [0.1, 0.15) is 39.5 Å². The molecule has 0 aliphatic heterocycles. The molecule has 6 heteroatoms. The number of carbonyl (C=O) groups is 1. The fourth-order valence-corrected chi connectivity index (χ4v) is 2.48. The van der Waals surface area contributed by atoms with Gasteiger partial charge in [-0.3, -0.25) is 4.79 Å². The van der Waals surface area contributed by atoms with Gasteiger partial charge in [0.05, 0.1) is 12.0 Å². The molecule has 0 spiro atoms. The van der Waals surface area contributed by atoms with Crippen LogP contribution in [0.5, 0.6) is 5.88 Å². The fourth-order valence-electron chi connectivity index (χ4n) is 2.48. The highest BCUT2D eigenvalue weighted by atomic mass is 16.5. The Hall–Kier alpha value is -1.85. The summed E-state index contributed by atoms with van der Waals surface area (Å²) in [7, 11) is 0. The zero-order chi connectivity index (χ0) is 14.5. The average molecular weight is 279 g/mol. The minimum atomic E-state index is -0.753. The van der Waals surface area contributed by atoms with E-state index >= 15 is 0 Å². The predicted octanol–water partition coefficient (Wildman–Crippen LogP) is 2.32. The Labute approximate surface area is 118 Å². The number of rotatable bonds is 5. The van der Waals surface area contributed by atoms with E-state index in [4.69, 9.17) is 4.74 Å². The summed E-state index contributed by atoms with van der Waals surface area (Å²) in [5, 5.41) is 12.4. The van der Waals surface area contributed by atoms with E-state index in [0.717, 1.165) is 19.3 Å². The molecular weight excluding hydrogens is 258 g/mol. The van der Waals surface area contributed by atoms with E-state index in [-0.39, 0.29) is 18.1 Å². The van der Waals surface area contributed by atoms with Gasteiger partial charge in [-0.05, 0) is 26.7 Å². The molecule has 2 N–H and O–H groups in total. The summed E-state index contributed by atoms with van der Waals surface area (Å²) in [5.74, 6) is -0.194. The number of carboxylic acid groups (broad SMARTS) is 1. The summed E-state index contributed by atoms with van der Waals surface area (Å²) in [5.41, 5.74) is 0. The van der Waals surface area contributed by atoms with Crippen LogP contribution >= 0.6 is 0 Å². The van der Waals surface area contributed by atoms with Crippen molar-refractivity contribution in [3.8, 4) is 5.88 Å². The van der Waals surface area contributed by atoms with Crippen LogP contribution < -0.4 is 10.1 Å². The zero-order valence-corrected chi connectivity index (χ0v) is 11.9. The highest BCUT2D eigenvalue weighted by Crippen LogP contribution is 2.27. The molecular formula is C14H21N3O3. The van der Waals surface area contributed by atoms with Crippen LogP contribution in [0.2, 0.25) is 0 Å². The van der Waals surface area contributed by atoms with Gasteiger partial charge < -0.3 is 15.2 Å². The Morgan fingerprint density at radius 1 is 1.45 bits per heavy atom. The number of aliphatic carboxylic acids is 1. The summed E-state index contributed by atoms with van der Waals surface area (Å²) in [6.07, 6.45) is 5.19. The second kappa shape index (κ2) is 6.54. The van der Waals surface area contributed by atoms with Gasteiger partial charge in [-0.15, -0.1) is 0 Å². The molecule has 1 aromatic heterocycles. The molecule has 0 aromatic carbocycles. The molecule has 110 valence electrons. The van der Waals surface area contributed by atoms with Crippen molar-refractivity contribution in [2.24, 2.45) is 5.92 Å². The molecule has 1 aromatic rings. The van der Waals surface area contributed by atoms with Crippen LogP contribution in [0.3, 0.4) is 0 Å². The average Bonchev–Trinajstić information content (AvgIpc) is 2.38. The van der Waals surface area contributed by atoms with Crippen molar-refractivity contribution in [1.82, 2.24) is 9.97 Å². The number of nitrogens with one attached hydrogen (secondary N) is 1. The molecule has 1 aliphatic carbocycles. The normalized spacial score (nSPS) is 22.6. The van der Waals surface area contributed by atoms with Crippen LogP contribution in [0.25, 0.3) is 0 Å². The number of hydrogen-bond acceptors (Lipinski definition) is 5. The predicted molar refractivity (Wildman–Crippen MR) is 74.8 cm³/mol. The Bertz CT molecular complexity index is 465. The van der Waals surface area contributed by atoms with Crippen molar-refractivity contribution < 1.29 is 14.6 Å². The molecule has 1 heterocycles. The van der Waals surface area contributed by atoms with Crippen molar-refractivity contribution in [3.63, 3.8) is 0 Å². The highest BCUT2D eigenvalue weighted by molar-refractivity contribution is 5.71. The van der Waals surface area contributed by atoms with Crippen LogP contribution in [-0.2, 0) is 4.79 Å². The Kier molecular flexibility index (Phi) is 4.76. The Balaban J connectivity index is 2.06. The van der Waals surface area contributed by atoms with E-state index in [0.29, 0.717) is 18.2 Å². The number of aromatic nitrogens is 2. The molecule has 0 amide bonds. The maximum atomic E-state index is 11.3. The molecule has 2 atom stereocenters. The van der Waals surface area contributed by atoms with Gasteiger partial charge in [0, 0.05) is 18.3 Å². The lowest BCUT2D eigenvalue weighted by molar-refractivity contribution is -0.143. The van der Waals surface area contributed by atoms with Gasteiger partial charge in [0.1, 0.15) is 0 Å². The number of nitrogens with zero attached hydrogens (tertiary/aromatic N) is 2. The van der Waals surface area contributed by atoms with E-state index < -0.39 is 5.97 Å². The van der Waals surface area contributed by atoms with Gasteiger partial charge >= 0.3 is 5.97 Å². The Morgan fingerprint density at radius 3 is 2.90 bits per heavy atom. The minimum Gasteiger partial charge on any atom is -0.481 e. The molecule has 0 bridgehead atoms. The Morgan fingerprint density at radius 2 is 2.20 bits per heavy atom. The van der Waals surface area contributed by atoms with Gasteiger partial charge in [0.15, 0.2) is 0 Å². The molecule has 6 nitrogen and oxygen atoms in total. The zero-order valence-electron chi connectivity index (χ0n) is 11.9. The summed E-state index contributed by atoms with van der Waals surface area (Å²) in [4.78, 5) is 19.7. The minimum absolute atomic E-state index is 0.0409. The first kappa shape index (κ1) is 14.6.